The Hall–Kier alpha value is -2.43. The average Bonchev–Trinajstić information content (AvgIpc) is 2.37. The van der Waals surface area contributed by atoms with E-state index in [2.05, 4.69) is 15.1 Å². The highest BCUT2D eigenvalue weighted by Gasteiger charge is 2.07. The van der Waals surface area contributed by atoms with Crippen LogP contribution in [0.1, 0.15) is 17.1 Å². The molecule has 1 aromatic heterocycles. The summed E-state index contributed by atoms with van der Waals surface area (Å²) in [5.74, 6) is 0.560. The highest BCUT2D eigenvalue weighted by Crippen LogP contribution is 2.19. The first kappa shape index (κ1) is 12.0. The average molecular weight is 242 g/mol. The SMILES string of the molecule is Cc1cccc(-c2cc(C(N)=NO)nc(C)n2)c1. The molecule has 0 amide bonds. The topological polar surface area (TPSA) is 84.4 Å². The number of hydrogen-bond donors (Lipinski definition) is 2. The fourth-order valence-electron chi connectivity index (χ4n) is 1.70. The van der Waals surface area contributed by atoms with E-state index in [0.717, 1.165) is 16.8 Å². The van der Waals surface area contributed by atoms with E-state index in [-0.39, 0.29) is 5.84 Å². The molecule has 0 fully saturated rings. The second-order valence-electron chi connectivity index (χ2n) is 4.04. The van der Waals surface area contributed by atoms with Gasteiger partial charge in [-0.1, -0.05) is 28.9 Å². The van der Waals surface area contributed by atoms with E-state index in [0.29, 0.717) is 11.5 Å². The Kier molecular flexibility index (Phi) is 3.23. The molecule has 0 radical (unpaired) electrons. The largest absolute Gasteiger partial charge is 0.409 e. The molecule has 0 aliphatic rings. The number of rotatable bonds is 2. The van der Waals surface area contributed by atoms with Crippen LogP contribution in [0.15, 0.2) is 35.5 Å². The molecule has 0 saturated carbocycles. The van der Waals surface area contributed by atoms with E-state index in [4.69, 9.17) is 10.9 Å². The second kappa shape index (κ2) is 4.83. The van der Waals surface area contributed by atoms with Gasteiger partial charge in [-0.3, -0.25) is 0 Å². The Morgan fingerprint density at radius 1 is 1.22 bits per heavy atom. The third-order valence-corrected chi connectivity index (χ3v) is 2.52. The summed E-state index contributed by atoms with van der Waals surface area (Å²) in [4.78, 5) is 8.48. The smallest absolute Gasteiger partial charge is 0.188 e. The van der Waals surface area contributed by atoms with Gasteiger partial charge in [0.1, 0.15) is 11.5 Å². The van der Waals surface area contributed by atoms with Crippen LogP contribution in [0.2, 0.25) is 0 Å². The van der Waals surface area contributed by atoms with Gasteiger partial charge in [-0.15, -0.1) is 0 Å². The molecule has 5 heteroatoms. The monoisotopic (exact) mass is 242 g/mol. The minimum atomic E-state index is -0.0191. The molecule has 3 N–H and O–H groups in total. The number of aryl methyl sites for hydroxylation is 2. The van der Waals surface area contributed by atoms with Gasteiger partial charge < -0.3 is 10.9 Å². The molecule has 92 valence electrons. The van der Waals surface area contributed by atoms with Crippen LogP contribution < -0.4 is 5.73 Å². The summed E-state index contributed by atoms with van der Waals surface area (Å²) in [6.45, 7) is 3.79. The van der Waals surface area contributed by atoms with Crippen LogP contribution in [0.3, 0.4) is 0 Å². The summed E-state index contributed by atoms with van der Waals surface area (Å²) in [5, 5.41) is 11.6. The fraction of sp³-hybridized carbons (Fsp3) is 0.154. The van der Waals surface area contributed by atoms with Gasteiger partial charge >= 0.3 is 0 Å². The van der Waals surface area contributed by atoms with Gasteiger partial charge in [0.05, 0.1) is 5.69 Å². The Bertz CT molecular complexity index is 608. The lowest BCUT2D eigenvalue weighted by Crippen LogP contribution is -2.16. The van der Waals surface area contributed by atoms with Crippen LogP contribution in [0, 0.1) is 13.8 Å². The molecule has 2 aromatic rings. The third-order valence-electron chi connectivity index (χ3n) is 2.52. The molecule has 5 nitrogen and oxygen atoms in total. The molecule has 0 aliphatic carbocycles. The molecule has 0 atom stereocenters. The van der Waals surface area contributed by atoms with Gasteiger partial charge in [0, 0.05) is 5.56 Å². The predicted octanol–water partition coefficient (Wildman–Crippen LogP) is 1.85. The summed E-state index contributed by atoms with van der Waals surface area (Å²) in [6.07, 6.45) is 0. The lowest BCUT2D eigenvalue weighted by molar-refractivity contribution is 0.318. The number of nitrogens with zero attached hydrogens (tertiary/aromatic N) is 3. The predicted molar refractivity (Wildman–Crippen MR) is 69.5 cm³/mol. The zero-order valence-corrected chi connectivity index (χ0v) is 10.3. The lowest BCUT2D eigenvalue weighted by Gasteiger charge is -2.06. The van der Waals surface area contributed by atoms with Crippen molar-refractivity contribution >= 4 is 5.84 Å². The van der Waals surface area contributed by atoms with Crippen molar-refractivity contribution in [1.82, 2.24) is 9.97 Å². The van der Waals surface area contributed by atoms with Crippen molar-refractivity contribution in [1.29, 1.82) is 0 Å². The molecule has 1 heterocycles. The van der Waals surface area contributed by atoms with Crippen molar-refractivity contribution < 1.29 is 5.21 Å². The second-order valence-corrected chi connectivity index (χ2v) is 4.04. The quantitative estimate of drug-likeness (QED) is 0.364. The minimum absolute atomic E-state index is 0.0191. The molecule has 0 saturated heterocycles. The van der Waals surface area contributed by atoms with Crippen LogP contribution in [-0.2, 0) is 0 Å². The van der Waals surface area contributed by atoms with Crippen molar-refractivity contribution in [3.8, 4) is 11.3 Å². The fourth-order valence-corrected chi connectivity index (χ4v) is 1.70. The van der Waals surface area contributed by atoms with Crippen LogP contribution >= 0.6 is 0 Å². The summed E-state index contributed by atoms with van der Waals surface area (Å²) in [7, 11) is 0. The van der Waals surface area contributed by atoms with Crippen molar-refractivity contribution in [2.45, 2.75) is 13.8 Å². The van der Waals surface area contributed by atoms with Gasteiger partial charge in [-0.05, 0) is 26.0 Å². The summed E-state index contributed by atoms with van der Waals surface area (Å²) in [5.41, 5.74) is 8.85. The maximum absolute atomic E-state index is 8.69. The summed E-state index contributed by atoms with van der Waals surface area (Å²) >= 11 is 0. The Balaban J connectivity index is 2.55. The molecular formula is C13H14N4O. The van der Waals surface area contributed by atoms with E-state index in [1.54, 1.807) is 13.0 Å². The minimum Gasteiger partial charge on any atom is -0.409 e. The Morgan fingerprint density at radius 2 is 2.00 bits per heavy atom. The van der Waals surface area contributed by atoms with E-state index in [1.165, 1.54) is 0 Å². The van der Waals surface area contributed by atoms with Crippen molar-refractivity contribution in [2.24, 2.45) is 10.9 Å². The van der Waals surface area contributed by atoms with Gasteiger partial charge in [0.15, 0.2) is 5.84 Å². The molecule has 0 unspecified atom stereocenters. The van der Waals surface area contributed by atoms with Crippen LogP contribution in [0.25, 0.3) is 11.3 Å². The van der Waals surface area contributed by atoms with E-state index in [9.17, 15) is 0 Å². The normalized spacial score (nSPS) is 11.6. The first-order valence-electron chi connectivity index (χ1n) is 5.51. The Morgan fingerprint density at radius 3 is 2.67 bits per heavy atom. The first-order valence-corrected chi connectivity index (χ1v) is 5.51. The molecule has 0 spiro atoms. The molecule has 0 bridgehead atoms. The number of benzene rings is 1. The highest BCUT2D eigenvalue weighted by atomic mass is 16.4. The van der Waals surface area contributed by atoms with Gasteiger partial charge in [0.25, 0.3) is 0 Å². The van der Waals surface area contributed by atoms with Crippen LogP contribution in [0.4, 0.5) is 0 Å². The molecule has 18 heavy (non-hydrogen) atoms. The van der Waals surface area contributed by atoms with Crippen LogP contribution in [0.5, 0.6) is 0 Å². The zero-order valence-electron chi connectivity index (χ0n) is 10.3. The number of oxime groups is 1. The molecule has 2 rings (SSSR count). The van der Waals surface area contributed by atoms with Crippen molar-refractivity contribution in [3.63, 3.8) is 0 Å². The van der Waals surface area contributed by atoms with E-state index in [1.807, 2.05) is 31.2 Å². The summed E-state index contributed by atoms with van der Waals surface area (Å²) < 4.78 is 0. The number of nitrogens with two attached hydrogens (primary N) is 1. The van der Waals surface area contributed by atoms with Crippen LogP contribution in [-0.4, -0.2) is 21.0 Å². The van der Waals surface area contributed by atoms with Gasteiger partial charge in [0.2, 0.25) is 0 Å². The molecular weight excluding hydrogens is 228 g/mol. The van der Waals surface area contributed by atoms with E-state index < -0.39 is 0 Å². The Labute approximate surface area is 105 Å². The van der Waals surface area contributed by atoms with Crippen molar-refractivity contribution in [2.75, 3.05) is 0 Å². The molecule has 0 aliphatic heterocycles. The van der Waals surface area contributed by atoms with Crippen molar-refractivity contribution in [3.05, 3.63) is 47.4 Å². The number of aromatic nitrogens is 2. The van der Waals surface area contributed by atoms with Gasteiger partial charge in [-0.25, -0.2) is 9.97 Å². The lowest BCUT2D eigenvalue weighted by atomic mass is 10.1. The highest BCUT2D eigenvalue weighted by molar-refractivity contribution is 5.96. The molecule has 1 aromatic carbocycles. The maximum Gasteiger partial charge on any atom is 0.188 e. The van der Waals surface area contributed by atoms with Gasteiger partial charge in [-0.2, -0.15) is 0 Å². The first-order chi connectivity index (χ1) is 8.60. The maximum atomic E-state index is 8.69. The third kappa shape index (κ3) is 2.45. The zero-order chi connectivity index (χ0) is 13.1. The van der Waals surface area contributed by atoms with E-state index >= 15 is 0 Å². The number of hydrogen-bond acceptors (Lipinski definition) is 4. The summed E-state index contributed by atoms with van der Waals surface area (Å²) in [6, 6.07) is 9.67. The standard InChI is InChI=1S/C13H14N4O/c1-8-4-3-5-10(6-8)11-7-12(13(14)17-18)16-9(2)15-11/h3-7,18H,1-2H3,(H2,14,17). The number of amidine groups is 1.